The van der Waals surface area contributed by atoms with E-state index in [0.717, 1.165) is 25.1 Å². The van der Waals surface area contributed by atoms with Gasteiger partial charge in [-0.1, -0.05) is 0 Å². The number of hydrogen-bond donors (Lipinski definition) is 1. The zero-order valence-electron chi connectivity index (χ0n) is 13.9. The number of likely N-dealkylation sites (tertiary alicyclic amines) is 1. The van der Waals surface area contributed by atoms with Gasteiger partial charge in [0.05, 0.1) is 5.69 Å². The van der Waals surface area contributed by atoms with E-state index >= 15 is 0 Å². The third-order valence-electron chi connectivity index (χ3n) is 4.34. The van der Waals surface area contributed by atoms with Gasteiger partial charge in [0, 0.05) is 25.5 Å². The van der Waals surface area contributed by atoms with Crippen LogP contribution in [-0.2, 0) is 11.2 Å². The number of piperidine rings is 1. The van der Waals surface area contributed by atoms with Gasteiger partial charge in [0.2, 0.25) is 0 Å². The Labute approximate surface area is 145 Å². The zero-order chi connectivity index (χ0) is 17.6. The first-order valence-electron chi connectivity index (χ1n) is 8.33. The topological polar surface area (TPSA) is 81.3 Å². The fourth-order valence-corrected chi connectivity index (χ4v) is 3.03. The lowest BCUT2D eigenvalue weighted by molar-refractivity contribution is -0.135. The standard InChI is InChI=1S/C18H21FN4O2/c19-14-3-5-15(6-4-14)25-12-17(24)23-9-1-2-13(11-23)10-16-18(20)22-8-7-21-16/h3-8,13H,1-2,9-12H2,(H2,20,22)/t13-/m0/s1. The molecule has 2 N–H and O–H groups in total. The molecule has 1 fully saturated rings. The van der Waals surface area contributed by atoms with Gasteiger partial charge in [-0.15, -0.1) is 0 Å². The molecule has 6 nitrogen and oxygen atoms in total. The highest BCUT2D eigenvalue weighted by Crippen LogP contribution is 2.22. The summed E-state index contributed by atoms with van der Waals surface area (Å²) in [6.45, 7) is 1.32. The maximum Gasteiger partial charge on any atom is 0.260 e. The summed E-state index contributed by atoms with van der Waals surface area (Å²) in [5.41, 5.74) is 6.64. The van der Waals surface area contributed by atoms with Crippen LogP contribution in [0.15, 0.2) is 36.7 Å². The lowest BCUT2D eigenvalue weighted by Gasteiger charge is -2.32. The maximum atomic E-state index is 12.9. The van der Waals surface area contributed by atoms with Gasteiger partial charge in [-0.2, -0.15) is 0 Å². The number of carbonyl (C=O) groups excluding carboxylic acids is 1. The Morgan fingerprint density at radius 2 is 2.04 bits per heavy atom. The molecule has 1 atom stereocenters. The lowest BCUT2D eigenvalue weighted by Crippen LogP contribution is -2.42. The van der Waals surface area contributed by atoms with Gasteiger partial charge in [0.25, 0.3) is 5.91 Å². The maximum absolute atomic E-state index is 12.9. The molecule has 0 radical (unpaired) electrons. The molecule has 7 heteroatoms. The highest BCUT2D eigenvalue weighted by atomic mass is 19.1. The normalized spacial score (nSPS) is 17.3. The van der Waals surface area contributed by atoms with Crippen molar-refractivity contribution in [2.75, 3.05) is 25.4 Å². The fourth-order valence-electron chi connectivity index (χ4n) is 3.03. The molecule has 2 aromatic rings. The molecule has 1 aromatic carbocycles. The number of rotatable bonds is 5. The number of amides is 1. The van der Waals surface area contributed by atoms with Crippen molar-refractivity contribution < 1.29 is 13.9 Å². The molecule has 0 aliphatic carbocycles. The fraction of sp³-hybridized carbons (Fsp3) is 0.389. The molecule has 132 valence electrons. The first kappa shape index (κ1) is 17.1. The molecule has 1 aliphatic heterocycles. The number of ether oxygens (including phenoxy) is 1. The molecule has 0 bridgehead atoms. The largest absolute Gasteiger partial charge is 0.484 e. The number of nitrogens with two attached hydrogens (primary N) is 1. The molecule has 0 spiro atoms. The summed E-state index contributed by atoms with van der Waals surface area (Å²) in [7, 11) is 0. The van der Waals surface area contributed by atoms with E-state index < -0.39 is 0 Å². The SMILES string of the molecule is Nc1nccnc1C[C@@H]1CCCN(C(=O)COc2ccc(F)cc2)C1. The van der Waals surface area contributed by atoms with Gasteiger partial charge >= 0.3 is 0 Å². The van der Waals surface area contributed by atoms with Crippen LogP contribution in [0.25, 0.3) is 0 Å². The highest BCUT2D eigenvalue weighted by Gasteiger charge is 2.25. The quantitative estimate of drug-likeness (QED) is 0.898. The van der Waals surface area contributed by atoms with Crippen LogP contribution in [0.4, 0.5) is 10.2 Å². The van der Waals surface area contributed by atoms with Crippen LogP contribution >= 0.6 is 0 Å². The van der Waals surface area contributed by atoms with Gasteiger partial charge < -0.3 is 15.4 Å². The van der Waals surface area contributed by atoms with E-state index in [4.69, 9.17) is 10.5 Å². The number of benzene rings is 1. The number of carbonyl (C=O) groups is 1. The Kier molecular flexibility index (Phi) is 5.42. The average molecular weight is 344 g/mol. The number of anilines is 1. The van der Waals surface area contributed by atoms with Crippen LogP contribution in [0.3, 0.4) is 0 Å². The summed E-state index contributed by atoms with van der Waals surface area (Å²) >= 11 is 0. The van der Waals surface area contributed by atoms with Crippen molar-refractivity contribution in [1.29, 1.82) is 0 Å². The van der Waals surface area contributed by atoms with Gasteiger partial charge in [0.15, 0.2) is 6.61 Å². The van der Waals surface area contributed by atoms with E-state index in [9.17, 15) is 9.18 Å². The average Bonchev–Trinajstić information content (AvgIpc) is 2.63. The first-order valence-corrected chi connectivity index (χ1v) is 8.33. The lowest BCUT2D eigenvalue weighted by atomic mass is 9.93. The monoisotopic (exact) mass is 344 g/mol. The number of nitrogens with zero attached hydrogens (tertiary/aromatic N) is 3. The van der Waals surface area contributed by atoms with Crippen LogP contribution in [0.1, 0.15) is 18.5 Å². The van der Waals surface area contributed by atoms with E-state index in [0.29, 0.717) is 30.5 Å². The van der Waals surface area contributed by atoms with Crippen LogP contribution < -0.4 is 10.5 Å². The summed E-state index contributed by atoms with van der Waals surface area (Å²) in [5.74, 6) is 0.839. The first-order chi connectivity index (χ1) is 12.1. The summed E-state index contributed by atoms with van der Waals surface area (Å²) in [6.07, 6.45) is 5.88. The van der Waals surface area contributed by atoms with Crippen LogP contribution in [0.2, 0.25) is 0 Å². The summed E-state index contributed by atoms with van der Waals surface area (Å²) < 4.78 is 18.3. The van der Waals surface area contributed by atoms with Crippen LogP contribution in [-0.4, -0.2) is 40.5 Å². The summed E-state index contributed by atoms with van der Waals surface area (Å²) in [6, 6.07) is 5.64. The van der Waals surface area contributed by atoms with Gasteiger partial charge in [0.1, 0.15) is 17.4 Å². The Bertz CT molecular complexity index is 723. The van der Waals surface area contributed by atoms with E-state index in [1.807, 2.05) is 4.90 Å². The smallest absolute Gasteiger partial charge is 0.260 e. The van der Waals surface area contributed by atoms with Gasteiger partial charge in [-0.25, -0.2) is 9.37 Å². The molecule has 1 aromatic heterocycles. The van der Waals surface area contributed by atoms with Crippen LogP contribution in [0.5, 0.6) is 5.75 Å². The van der Waals surface area contributed by atoms with Crippen molar-refractivity contribution in [3.63, 3.8) is 0 Å². The zero-order valence-corrected chi connectivity index (χ0v) is 13.9. The minimum absolute atomic E-state index is 0.0500. The van der Waals surface area contributed by atoms with Crippen molar-refractivity contribution in [3.05, 3.63) is 48.2 Å². The Balaban J connectivity index is 1.52. The minimum Gasteiger partial charge on any atom is -0.484 e. The molecule has 3 rings (SSSR count). The number of hydrogen-bond acceptors (Lipinski definition) is 5. The molecule has 25 heavy (non-hydrogen) atoms. The molecule has 0 saturated carbocycles. The highest BCUT2D eigenvalue weighted by molar-refractivity contribution is 5.77. The van der Waals surface area contributed by atoms with E-state index in [1.54, 1.807) is 12.4 Å². The number of nitrogen functional groups attached to an aromatic ring is 1. The van der Waals surface area contributed by atoms with Crippen molar-refractivity contribution in [3.8, 4) is 5.75 Å². The van der Waals surface area contributed by atoms with Gasteiger partial charge in [-0.3, -0.25) is 9.78 Å². The molecule has 1 aliphatic rings. The predicted molar refractivity (Wildman–Crippen MR) is 91.3 cm³/mol. The second kappa shape index (κ2) is 7.92. The molecular formula is C18H21FN4O2. The van der Waals surface area contributed by atoms with E-state index in [2.05, 4.69) is 9.97 Å². The molecule has 2 heterocycles. The third-order valence-corrected chi connectivity index (χ3v) is 4.34. The van der Waals surface area contributed by atoms with E-state index in [-0.39, 0.29) is 18.3 Å². The molecule has 1 saturated heterocycles. The molecule has 0 unspecified atom stereocenters. The van der Waals surface area contributed by atoms with Crippen molar-refractivity contribution in [1.82, 2.24) is 14.9 Å². The second-order valence-corrected chi connectivity index (χ2v) is 6.18. The predicted octanol–water partition coefficient (Wildman–Crippen LogP) is 2.06. The molecule has 1 amide bonds. The molecular weight excluding hydrogens is 323 g/mol. The van der Waals surface area contributed by atoms with Crippen LogP contribution in [0, 0.1) is 11.7 Å². The Morgan fingerprint density at radius 1 is 1.28 bits per heavy atom. The van der Waals surface area contributed by atoms with Crippen molar-refractivity contribution in [2.24, 2.45) is 5.92 Å². The Hall–Kier alpha value is -2.70. The summed E-state index contributed by atoms with van der Waals surface area (Å²) in [5, 5.41) is 0. The summed E-state index contributed by atoms with van der Waals surface area (Å²) in [4.78, 5) is 22.5. The third kappa shape index (κ3) is 4.65. The van der Waals surface area contributed by atoms with Gasteiger partial charge in [-0.05, 0) is 49.4 Å². The number of aromatic nitrogens is 2. The van der Waals surface area contributed by atoms with Crippen molar-refractivity contribution >= 4 is 11.7 Å². The van der Waals surface area contributed by atoms with Crippen molar-refractivity contribution in [2.45, 2.75) is 19.3 Å². The number of halogens is 1. The minimum atomic E-state index is -0.333. The van der Waals surface area contributed by atoms with E-state index in [1.165, 1.54) is 24.3 Å². The second-order valence-electron chi connectivity index (χ2n) is 6.18. The Morgan fingerprint density at radius 3 is 2.80 bits per heavy atom.